The minimum atomic E-state index is -0.0283. The smallest absolute Gasteiger partial charge is 0.264 e. The van der Waals surface area contributed by atoms with Gasteiger partial charge in [0.05, 0.1) is 0 Å². The van der Waals surface area contributed by atoms with Gasteiger partial charge in [-0.1, -0.05) is 6.07 Å². The van der Waals surface area contributed by atoms with Gasteiger partial charge >= 0.3 is 0 Å². The maximum Gasteiger partial charge on any atom is 0.264 e. The summed E-state index contributed by atoms with van der Waals surface area (Å²) in [5.41, 5.74) is 0.804. The number of ether oxygens (including phenoxy) is 1. The van der Waals surface area contributed by atoms with Crippen LogP contribution in [0.1, 0.15) is 0 Å². The first-order valence-electron chi connectivity index (χ1n) is 3.88. The van der Waals surface area contributed by atoms with Gasteiger partial charge in [0, 0.05) is 11.5 Å². The van der Waals surface area contributed by atoms with Gasteiger partial charge in [-0.25, -0.2) is 0 Å². The van der Waals surface area contributed by atoms with Crippen LogP contribution >= 0.6 is 15.9 Å². The van der Waals surface area contributed by atoms with E-state index in [1.807, 2.05) is 18.2 Å². The average molecular weight is 242 g/mol. The van der Waals surface area contributed by atoms with Crippen molar-refractivity contribution in [1.29, 1.82) is 0 Å². The van der Waals surface area contributed by atoms with Crippen LogP contribution in [0.3, 0.4) is 0 Å². The maximum absolute atomic E-state index is 11.3. The van der Waals surface area contributed by atoms with E-state index in [0.717, 1.165) is 15.9 Å². The van der Waals surface area contributed by atoms with Crippen LogP contribution in [0, 0.1) is 0 Å². The maximum atomic E-state index is 11.3. The van der Waals surface area contributed by atoms with Crippen LogP contribution in [0.4, 0.5) is 5.69 Å². The molecule has 0 spiro atoms. The molecule has 0 fully saturated rings. The molecule has 1 aromatic carbocycles. The van der Waals surface area contributed by atoms with Gasteiger partial charge in [0.2, 0.25) is 0 Å². The zero-order valence-electron chi connectivity index (χ0n) is 7.08. The molecule has 1 aliphatic rings. The lowest BCUT2D eigenvalue weighted by Crippen LogP contribution is -2.35. The standard InChI is InChI=1S/C9H8BrNO2/c1-11-8(12)5-13-7-4-2-3-6(10)9(7)11/h2-4H,5H2,1H3. The van der Waals surface area contributed by atoms with Crippen LogP contribution in [-0.2, 0) is 4.79 Å². The second kappa shape index (κ2) is 3.03. The van der Waals surface area contributed by atoms with Crippen molar-refractivity contribution in [3.8, 4) is 5.75 Å². The summed E-state index contributed by atoms with van der Waals surface area (Å²) in [5.74, 6) is 0.718. The quantitative estimate of drug-likeness (QED) is 0.694. The Morgan fingerprint density at radius 2 is 2.31 bits per heavy atom. The molecule has 1 amide bonds. The Balaban J connectivity index is 2.57. The van der Waals surface area contributed by atoms with E-state index < -0.39 is 0 Å². The lowest BCUT2D eigenvalue weighted by Gasteiger charge is -2.26. The third kappa shape index (κ3) is 1.31. The highest BCUT2D eigenvalue weighted by Crippen LogP contribution is 2.37. The molecule has 1 aromatic rings. The molecule has 1 heterocycles. The van der Waals surface area contributed by atoms with Crippen LogP contribution in [0.2, 0.25) is 0 Å². The monoisotopic (exact) mass is 241 g/mol. The van der Waals surface area contributed by atoms with Gasteiger partial charge in [-0.05, 0) is 28.1 Å². The highest BCUT2D eigenvalue weighted by Gasteiger charge is 2.23. The Morgan fingerprint density at radius 3 is 3.08 bits per heavy atom. The molecular weight excluding hydrogens is 234 g/mol. The Kier molecular flexibility index (Phi) is 2.00. The molecule has 4 heteroatoms. The molecule has 0 aliphatic carbocycles. The fraction of sp³-hybridized carbons (Fsp3) is 0.222. The van der Waals surface area contributed by atoms with Gasteiger partial charge in [0.25, 0.3) is 5.91 Å². The van der Waals surface area contributed by atoms with Crippen molar-refractivity contribution in [2.75, 3.05) is 18.6 Å². The molecule has 0 saturated heterocycles. The number of anilines is 1. The van der Waals surface area contributed by atoms with Crippen LogP contribution in [-0.4, -0.2) is 19.6 Å². The molecule has 0 saturated carbocycles. The van der Waals surface area contributed by atoms with E-state index in [-0.39, 0.29) is 12.5 Å². The van der Waals surface area contributed by atoms with Crippen LogP contribution < -0.4 is 9.64 Å². The molecule has 0 unspecified atom stereocenters. The van der Waals surface area contributed by atoms with E-state index in [9.17, 15) is 4.79 Å². The Labute approximate surface area is 84.4 Å². The van der Waals surface area contributed by atoms with Crippen molar-refractivity contribution in [3.05, 3.63) is 22.7 Å². The number of hydrogen-bond acceptors (Lipinski definition) is 2. The predicted octanol–water partition coefficient (Wildman–Crippen LogP) is 1.80. The second-order valence-electron chi connectivity index (χ2n) is 2.83. The van der Waals surface area contributed by atoms with E-state index in [1.165, 1.54) is 0 Å². The number of rotatable bonds is 0. The zero-order valence-corrected chi connectivity index (χ0v) is 8.67. The molecular formula is C9H8BrNO2. The molecule has 0 atom stereocenters. The number of carbonyl (C=O) groups is 1. The highest BCUT2D eigenvalue weighted by molar-refractivity contribution is 9.10. The van der Waals surface area contributed by atoms with Gasteiger partial charge in [0.1, 0.15) is 11.4 Å². The SMILES string of the molecule is CN1C(=O)COc2cccc(Br)c21. The van der Waals surface area contributed by atoms with Crippen molar-refractivity contribution in [2.45, 2.75) is 0 Å². The molecule has 1 aliphatic heterocycles. The summed E-state index contributed by atoms with van der Waals surface area (Å²) in [6.45, 7) is 0.125. The van der Waals surface area contributed by atoms with Crippen molar-refractivity contribution < 1.29 is 9.53 Å². The largest absolute Gasteiger partial charge is 0.482 e. The first kappa shape index (κ1) is 8.56. The Hall–Kier alpha value is -1.03. The molecule has 13 heavy (non-hydrogen) atoms. The molecule has 0 aromatic heterocycles. The number of benzene rings is 1. The number of para-hydroxylation sites is 1. The molecule has 0 N–H and O–H groups in total. The lowest BCUT2D eigenvalue weighted by atomic mass is 10.2. The van der Waals surface area contributed by atoms with Gasteiger partial charge in [-0.15, -0.1) is 0 Å². The van der Waals surface area contributed by atoms with Gasteiger partial charge in [-0.2, -0.15) is 0 Å². The summed E-state index contributed by atoms with van der Waals surface area (Å²) < 4.78 is 6.14. The fourth-order valence-corrected chi connectivity index (χ4v) is 1.91. The van der Waals surface area contributed by atoms with Crippen molar-refractivity contribution in [3.63, 3.8) is 0 Å². The molecule has 0 radical (unpaired) electrons. The normalized spacial score (nSPS) is 15.2. The fourth-order valence-electron chi connectivity index (χ4n) is 1.30. The minimum Gasteiger partial charge on any atom is -0.482 e. The van der Waals surface area contributed by atoms with Crippen molar-refractivity contribution in [2.24, 2.45) is 0 Å². The summed E-state index contributed by atoms with van der Waals surface area (Å²) in [6, 6.07) is 5.62. The first-order valence-corrected chi connectivity index (χ1v) is 4.67. The number of fused-ring (bicyclic) bond motifs is 1. The van der Waals surface area contributed by atoms with Gasteiger partial charge in [0.15, 0.2) is 6.61 Å². The van der Waals surface area contributed by atoms with Crippen molar-refractivity contribution in [1.82, 2.24) is 0 Å². The number of hydrogen-bond donors (Lipinski definition) is 0. The average Bonchev–Trinajstić information content (AvgIpc) is 2.12. The number of amides is 1. The molecule has 0 bridgehead atoms. The molecule has 68 valence electrons. The Morgan fingerprint density at radius 1 is 1.54 bits per heavy atom. The summed E-state index contributed by atoms with van der Waals surface area (Å²) in [6.07, 6.45) is 0. The zero-order chi connectivity index (χ0) is 9.42. The number of likely N-dealkylation sites (N-methyl/N-ethyl adjacent to an activating group) is 1. The van der Waals surface area contributed by atoms with E-state index in [1.54, 1.807) is 11.9 Å². The second-order valence-corrected chi connectivity index (χ2v) is 3.68. The van der Waals surface area contributed by atoms with Crippen LogP contribution in [0.25, 0.3) is 0 Å². The lowest BCUT2D eigenvalue weighted by molar-refractivity contribution is -0.121. The topological polar surface area (TPSA) is 29.5 Å². The third-order valence-electron chi connectivity index (χ3n) is 2.01. The summed E-state index contributed by atoms with van der Waals surface area (Å²) in [5, 5.41) is 0. The highest BCUT2D eigenvalue weighted by atomic mass is 79.9. The number of carbonyl (C=O) groups excluding carboxylic acids is 1. The summed E-state index contributed by atoms with van der Waals surface area (Å²) in [7, 11) is 1.74. The summed E-state index contributed by atoms with van der Waals surface area (Å²) in [4.78, 5) is 12.9. The van der Waals surface area contributed by atoms with Gasteiger partial charge in [-0.3, -0.25) is 4.79 Å². The first-order chi connectivity index (χ1) is 6.20. The Bertz CT molecular complexity index is 365. The van der Waals surface area contributed by atoms with Crippen LogP contribution in [0.15, 0.2) is 22.7 Å². The van der Waals surface area contributed by atoms with Crippen molar-refractivity contribution >= 4 is 27.5 Å². The van der Waals surface area contributed by atoms with E-state index in [2.05, 4.69) is 15.9 Å². The summed E-state index contributed by atoms with van der Waals surface area (Å²) >= 11 is 3.38. The minimum absolute atomic E-state index is 0.0283. The molecule has 3 nitrogen and oxygen atoms in total. The van der Waals surface area contributed by atoms with Gasteiger partial charge < -0.3 is 9.64 Å². The predicted molar refractivity (Wildman–Crippen MR) is 53.0 cm³/mol. The number of nitrogens with zero attached hydrogens (tertiary/aromatic N) is 1. The van der Waals surface area contributed by atoms with E-state index in [4.69, 9.17) is 4.74 Å². The number of halogens is 1. The molecule has 2 rings (SSSR count). The van der Waals surface area contributed by atoms with E-state index in [0.29, 0.717) is 0 Å². The van der Waals surface area contributed by atoms with E-state index >= 15 is 0 Å². The van der Waals surface area contributed by atoms with Crippen LogP contribution in [0.5, 0.6) is 5.75 Å². The third-order valence-corrected chi connectivity index (χ3v) is 2.65.